The Balaban J connectivity index is 2.10. The molecule has 2 rings (SSSR count). The van der Waals surface area contributed by atoms with Gasteiger partial charge < -0.3 is 4.90 Å². The van der Waals surface area contributed by atoms with E-state index >= 15 is 0 Å². The Labute approximate surface area is 114 Å². The van der Waals surface area contributed by atoms with E-state index < -0.39 is 0 Å². The minimum absolute atomic E-state index is 0.766. The summed E-state index contributed by atoms with van der Waals surface area (Å²) in [7, 11) is 2.14. The number of benzene rings is 1. The molecule has 0 aliphatic rings. The molecule has 3 heteroatoms. The van der Waals surface area contributed by atoms with E-state index in [9.17, 15) is 0 Å². The van der Waals surface area contributed by atoms with Gasteiger partial charge in [-0.2, -0.15) is 0 Å². The van der Waals surface area contributed by atoms with Crippen LogP contribution in [-0.2, 0) is 0 Å². The second-order valence-electron chi connectivity index (χ2n) is 4.52. The van der Waals surface area contributed by atoms with Crippen molar-refractivity contribution in [1.82, 2.24) is 4.98 Å². The van der Waals surface area contributed by atoms with E-state index in [1.54, 1.807) is 0 Å². The first-order valence-electron chi connectivity index (χ1n) is 6.44. The highest BCUT2D eigenvalue weighted by molar-refractivity contribution is 6.17. The number of pyridine rings is 1. The lowest BCUT2D eigenvalue weighted by Gasteiger charge is -2.20. The molecule has 2 nitrogen and oxygen atoms in total. The van der Waals surface area contributed by atoms with Crippen LogP contribution in [0.1, 0.15) is 19.3 Å². The lowest BCUT2D eigenvalue weighted by atomic mass is 10.1. The van der Waals surface area contributed by atoms with Gasteiger partial charge in [0.1, 0.15) is 0 Å². The first-order chi connectivity index (χ1) is 8.83. The van der Waals surface area contributed by atoms with Crippen LogP contribution in [0.25, 0.3) is 10.9 Å². The molecule has 0 N–H and O–H groups in total. The summed E-state index contributed by atoms with van der Waals surface area (Å²) in [5, 5.41) is 1.22. The fourth-order valence-electron chi connectivity index (χ4n) is 2.15. The van der Waals surface area contributed by atoms with Gasteiger partial charge in [0.05, 0.1) is 5.52 Å². The number of aromatic nitrogens is 1. The van der Waals surface area contributed by atoms with E-state index in [1.807, 2.05) is 12.3 Å². The van der Waals surface area contributed by atoms with Gasteiger partial charge in [-0.3, -0.25) is 4.98 Å². The Hall–Kier alpha value is -1.28. The van der Waals surface area contributed by atoms with Crippen LogP contribution in [0.15, 0.2) is 36.5 Å². The molecule has 0 saturated heterocycles. The molecule has 1 heterocycles. The van der Waals surface area contributed by atoms with Crippen LogP contribution in [0.2, 0.25) is 0 Å². The molecule has 1 aromatic carbocycles. The van der Waals surface area contributed by atoms with Gasteiger partial charge in [-0.1, -0.05) is 24.6 Å². The monoisotopic (exact) mass is 262 g/mol. The first-order valence-corrected chi connectivity index (χ1v) is 6.97. The number of para-hydroxylation sites is 1. The van der Waals surface area contributed by atoms with Crippen LogP contribution in [0.5, 0.6) is 0 Å². The SMILES string of the molecule is CN(CCCCCCl)c1ccnc2ccccc12. The fraction of sp³-hybridized carbons (Fsp3) is 0.400. The highest BCUT2D eigenvalue weighted by Gasteiger charge is 2.05. The minimum Gasteiger partial charge on any atom is -0.374 e. The minimum atomic E-state index is 0.766. The van der Waals surface area contributed by atoms with Crippen molar-refractivity contribution in [3.8, 4) is 0 Å². The van der Waals surface area contributed by atoms with Crippen molar-refractivity contribution in [1.29, 1.82) is 0 Å². The second kappa shape index (κ2) is 6.60. The maximum absolute atomic E-state index is 5.69. The van der Waals surface area contributed by atoms with Gasteiger partial charge in [0.2, 0.25) is 0 Å². The number of unbranched alkanes of at least 4 members (excludes halogenated alkanes) is 2. The van der Waals surface area contributed by atoms with Gasteiger partial charge in [-0.05, 0) is 25.0 Å². The van der Waals surface area contributed by atoms with Crippen molar-refractivity contribution in [3.05, 3.63) is 36.5 Å². The topological polar surface area (TPSA) is 16.1 Å². The van der Waals surface area contributed by atoms with Crippen molar-refractivity contribution >= 4 is 28.2 Å². The molecular weight excluding hydrogens is 244 g/mol. The van der Waals surface area contributed by atoms with E-state index in [4.69, 9.17) is 11.6 Å². The van der Waals surface area contributed by atoms with Crippen LogP contribution >= 0.6 is 11.6 Å². The smallest absolute Gasteiger partial charge is 0.0722 e. The van der Waals surface area contributed by atoms with Crippen LogP contribution in [0.4, 0.5) is 5.69 Å². The van der Waals surface area contributed by atoms with Crippen LogP contribution < -0.4 is 4.90 Å². The number of alkyl halides is 1. The number of rotatable bonds is 6. The van der Waals surface area contributed by atoms with Gasteiger partial charge in [-0.25, -0.2) is 0 Å². The average Bonchev–Trinajstić information content (AvgIpc) is 2.43. The standard InChI is InChI=1S/C15H19ClN2/c1-18(12-6-2-5-10-16)15-9-11-17-14-8-4-3-7-13(14)15/h3-4,7-9,11H,2,5-6,10,12H2,1H3. The third-order valence-corrected chi connectivity index (χ3v) is 3.43. The Kier molecular flexibility index (Phi) is 4.82. The largest absolute Gasteiger partial charge is 0.374 e. The normalized spacial score (nSPS) is 10.8. The molecule has 0 fully saturated rings. The van der Waals surface area contributed by atoms with Crippen molar-refractivity contribution in [2.75, 3.05) is 24.4 Å². The quantitative estimate of drug-likeness (QED) is 0.576. The van der Waals surface area contributed by atoms with Gasteiger partial charge in [0.25, 0.3) is 0 Å². The van der Waals surface area contributed by atoms with E-state index in [0.717, 1.165) is 24.4 Å². The van der Waals surface area contributed by atoms with Crippen LogP contribution in [-0.4, -0.2) is 24.5 Å². The van der Waals surface area contributed by atoms with Gasteiger partial charge >= 0.3 is 0 Å². The molecule has 0 atom stereocenters. The number of anilines is 1. The lowest BCUT2D eigenvalue weighted by molar-refractivity contribution is 0.708. The maximum atomic E-state index is 5.69. The summed E-state index contributed by atoms with van der Waals surface area (Å²) in [6.45, 7) is 1.06. The number of hydrogen-bond donors (Lipinski definition) is 0. The molecule has 0 saturated carbocycles. The van der Waals surface area contributed by atoms with Crippen LogP contribution in [0, 0.1) is 0 Å². The molecule has 0 unspecified atom stereocenters. The lowest BCUT2D eigenvalue weighted by Crippen LogP contribution is -2.18. The Morgan fingerprint density at radius 2 is 1.94 bits per heavy atom. The second-order valence-corrected chi connectivity index (χ2v) is 4.90. The Morgan fingerprint density at radius 3 is 2.78 bits per heavy atom. The van der Waals surface area contributed by atoms with E-state index in [1.165, 1.54) is 23.9 Å². The first kappa shape index (κ1) is 13.2. The molecule has 0 radical (unpaired) electrons. The molecule has 0 spiro atoms. The van der Waals surface area contributed by atoms with Crippen molar-refractivity contribution < 1.29 is 0 Å². The summed E-state index contributed by atoms with van der Waals surface area (Å²) >= 11 is 5.69. The summed E-state index contributed by atoms with van der Waals surface area (Å²) in [5.74, 6) is 0.766. The number of nitrogens with zero attached hydrogens (tertiary/aromatic N) is 2. The van der Waals surface area contributed by atoms with Crippen molar-refractivity contribution in [3.63, 3.8) is 0 Å². The zero-order valence-electron chi connectivity index (χ0n) is 10.8. The molecule has 2 aromatic rings. The summed E-state index contributed by atoms with van der Waals surface area (Å²) in [6.07, 6.45) is 5.36. The highest BCUT2D eigenvalue weighted by Crippen LogP contribution is 2.24. The van der Waals surface area contributed by atoms with E-state index in [-0.39, 0.29) is 0 Å². The van der Waals surface area contributed by atoms with E-state index in [0.29, 0.717) is 0 Å². The molecule has 18 heavy (non-hydrogen) atoms. The zero-order chi connectivity index (χ0) is 12.8. The molecule has 96 valence electrons. The maximum Gasteiger partial charge on any atom is 0.0722 e. The molecular formula is C15H19ClN2. The fourth-order valence-corrected chi connectivity index (χ4v) is 2.34. The molecule has 0 amide bonds. The van der Waals surface area contributed by atoms with Gasteiger partial charge in [-0.15, -0.1) is 11.6 Å². The summed E-state index contributed by atoms with van der Waals surface area (Å²) in [4.78, 5) is 6.69. The summed E-state index contributed by atoms with van der Waals surface area (Å²) in [5.41, 5.74) is 2.31. The number of hydrogen-bond acceptors (Lipinski definition) is 2. The van der Waals surface area contributed by atoms with Crippen molar-refractivity contribution in [2.24, 2.45) is 0 Å². The molecule has 0 aliphatic carbocycles. The summed E-state index contributed by atoms with van der Waals surface area (Å²) in [6, 6.07) is 10.4. The summed E-state index contributed by atoms with van der Waals surface area (Å²) < 4.78 is 0. The predicted molar refractivity (Wildman–Crippen MR) is 79.6 cm³/mol. The molecule has 1 aromatic heterocycles. The predicted octanol–water partition coefficient (Wildman–Crippen LogP) is 4.08. The number of halogens is 1. The van der Waals surface area contributed by atoms with E-state index in [2.05, 4.69) is 41.2 Å². The molecule has 0 bridgehead atoms. The third kappa shape index (κ3) is 3.14. The Morgan fingerprint density at radius 1 is 1.11 bits per heavy atom. The highest BCUT2D eigenvalue weighted by atomic mass is 35.5. The molecule has 0 aliphatic heterocycles. The van der Waals surface area contributed by atoms with Gasteiger partial charge in [0, 0.05) is 36.7 Å². The van der Waals surface area contributed by atoms with Crippen LogP contribution in [0.3, 0.4) is 0 Å². The number of fused-ring (bicyclic) bond motifs is 1. The Bertz CT molecular complexity index is 493. The zero-order valence-corrected chi connectivity index (χ0v) is 11.5. The van der Waals surface area contributed by atoms with Crippen molar-refractivity contribution in [2.45, 2.75) is 19.3 Å². The average molecular weight is 263 g/mol. The van der Waals surface area contributed by atoms with Gasteiger partial charge in [0.15, 0.2) is 0 Å². The third-order valence-electron chi connectivity index (χ3n) is 3.16.